The first kappa shape index (κ1) is 19.4. The third-order valence-electron chi connectivity index (χ3n) is 3.45. The van der Waals surface area contributed by atoms with Crippen LogP contribution in [0.15, 0.2) is 42.5 Å². The molecule has 0 saturated heterocycles. The molecule has 7 nitrogen and oxygen atoms in total. The molecule has 0 fully saturated rings. The highest BCUT2D eigenvalue weighted by Gasteiger charge is 2.12. The number of nitrogens with one attached hydrogen (secondary N) is 2. The van der Waals surface area contributed by atoms with Crippen LogP contribution >= 0.6 is 0 Å². The summed E-state index contributed by atoms with van der Waals surface area (Å²) in [6, 6.07) is 11.8. The van der Waals surface area contributed by atoms with Gasteiger partial charge in [0.1, 0.15) is 17.1 Å². The summed E-state index contributed by atoms with van der Waals surface area (Å²) in [6.07, 6.45) is 0.708. The molecule has 1 heterocycles. The summed E-state index contributed by atoms with van der Waals surface area (Å²) in [4.78, 5) is 28.6. The number of rotatable bonds is 9. The molecule has 2 rings (SSSR count). The van der Waals surface area contributed by atoms with Crippen molar-refractivity contribution in [2.24, 2.45) is 0 Å². The predicted molar refractivity (Wildman–Crippen MR) is 98.6 cm³/mol. The molecule has 0 radical (unpaired) electrons. The van der Waals surface area contributed by atoms with Crippen LogP contribution in [0.4, 0.5) is 5.69 Å². The van der Waals surface area contributed by atoms with Crippen LogP contribution in [0, 0.1) is 0 Å². The van der Waals surface area contributed by atoms with Crippen molar-refractivity contribution in [3.05, 3.63) is 53.9 Å². The molecular formula is C19H23N3O4. The second kappa shape index (κ2) is 10.1. The van der Waals surface area contributed by atoms with Gasteiger partial charge in [0.2, 0.25) is 0 Å². The van der Waals surface area contributed by atoms with Crippen molar-refractivity contribution in [3.63, 3.8) is 0 Å². The lowest BCUT2D eigenvalue weighted by Gasteiger charge is -2.08. The maximum absolute atomic E-state index is 12.3. The number of pyridine rings is 1. The van der Waals surface area contributed by atoms with E-state index in [-0.39, 0.29) is 23.2 Å². The minimum absolute atomic E-state index is 0.170. The van der Waals surface area contributed by atoms with Gasteiger partial charge in [-0.15, -0.1) is 0 Å². The minimum atomic E-state index is -0.386. The molecule has 1 aromatic heterocycles. The highest BCUT2D eigenvalue weighted by Crippen LogP contribution is 2.16. The topological polar surface area (TPSA) is 89.5 Å². The molecule has 7 heteroatoms. The van der Waals surface area contributed by atoms with Gasteiger partial charge in [-0.2, -0.15) is 0 Å². The Morgan fingerprint density at radius 3 is 2.38 bits per heavy atom. The Hall–Kier alpha value is -2.93. The zero-order chi connectivity index (χ0) is 18.8. The van der Waals surface area contributed by atoms with Crippen LogP contribution < -0.4 is 15.4 Å². The zero-order valence-electron chi connectivity index (χ0n) is 15.0. The van der Waals surface area contributed by atoms with E-state index in [2.05, 4.69) is 15.6 Å². The molecule has 2 N–H and O–H groups in total. The van der Waals surface area contributed by atoms with Crippen LogP contribution in [0.25, 0.3) is 0 Å². The smallest absolute Gasteiger partial charge is 0.274 e. The summed E-state index contributed by atoms with van der Waals surface area (Å²) in [6.45, 7) is 3.53. The standard InChI is InChI=1S/C19H23N3O4/c1-3-26-15-10-8-14(9-11-15)21-19(24)17-7-4-6-16(22-17)18(23)20-12-5-13-25-2/h4,6-11H,3,5,12-13H2,1-2H3,(H,20,23)(H,21,24). The number of ether oxygens (including phenoxy) is 2. The fraction of sp³-hybridized carbons (Fsp3) is 0.316. The summed E-state index contributed by atoms with van der Waals surface area (Å²) in [7, 11) is 1.61. The van der Waals surface area contributed by atoms with Gasteiger partial charge in [-0.25, -0.2) is 4.98 Å². The van der Waals surface area contributed by atoms with Gasteiger partial charge >= 0.3 is 0 Å². The number of hydrogen-bond acceptors (Lipinski definition) is 5. The predicted octanol–water partition coefficient (Wildman–Crippen LogP) is 2.50. The Balaban J connectivity index is 1.97. The molecule has 2 amide bonds. The van der Waals surface area contributed by atoms with Gasteiger partial charge in [0.15, 0.2) is 0 Å². The first-order valence-electron chi connectivity index (χ1n) is 8.42. The Morgan fingerprint density at radius 1 is 1.04 bits per heavy atom. The van der Waals surface area contributed by atoms with Crippen molar-refractivity contribution in [3.8, 4) is 5.75 Å². The summed E-state index contributed by atoms with van der Waals surface area (Å²) in [5, 5.41) is 5.49. The second-order valence-corrected chi connectivity index (χ2v) is 5.42. The van der Waals surface area contributed by atoms with Gasteiger partial charge in [-0.3, -0.25) is 9.59 Å². The molecule has 0 bridgehead atoms. The Labute approximate surface area is 152 Å². The van der Waals surface area contributed by atoms with E-state index in [0.29, 0.717) is 31.9 Å². The van der Waals surface area contributed by atoms with Crippen LogP contribution in [0.2, 0.25) is 0 Å². The second-order valence-electron chi connectivity index (χ2n) is 5.42. The van der Waals surface area contributed by atoms with Gasteiger partial charge in [-0.05, 0) is 49.7 Å². The quantitative estimate of drug-likeness (QED) is 0.673. The third-order valence-corrected chi connectivity index (χ3v) is 3.45. The number of carbonyl (C=O) groups is 2. The number of anilines is 1. The number of methoxy groups -OCH3 is 1. The van der Waals surface area contributed by atoms with Crippen LogP contribution in [0.3, 0.4) is 0 Å². The van der Waals surface area contributed by atoms with Crippen LogP contribution in [0.5, 0.6) is 5.75 Å². The molecule has 0 saturated carbocycles. The highest BCUT2D eigenvalue weighted by molar-refractivity contribution is 6.03. The molecule has 0 aliphatic carbocycles. The minimum Gasteiger partial charge on any atom is -0.494 e. The Bertz CT molecular complexity index is 732. The lowest BCUT2D eigenvalue weighted by Crippen LogP contribution is -2.27. The number of carbonyl (C=O) groups excluding carboxylic acids is 2. The van der Waals surface area contributed by atoms with Crippen molar-refractivity contribution in [2.45, 2.75) is 13.3 Å². The van der Waals surface area contributed by atoms with Crippen molar-refractivity contribution in [1.82, 2.24) is 10.3 Å². The van der Waals surface area contributed by atoms with Gasteiger partial charge in [0, 0.05) is 25.9 Å². The first-order chi connectivity index (χ1) is 12.6. The van der Waals surface area contributed by atoms with Crippen molar-refractivity contribution >= 4 is 17.5 Å². The number of hydrogen-bond donors (Lipinski definition) is 2. The molecule has 0 spiro atoms. The van der Waals surface area contributed by atoms with E-state index < -0.39 is 0 Å². The van der Waals surface area contributed by atoms with E-state index in [4.69, 9.17) is 9.47 Å². The molecule has 1 aromatic carbocycles. The van der Waals surface area contributed by atoms with Crippen LogP contribution in [0.1, 0.15) is 34.3 Å². The number of aromatic nitrogens is 1. The summed E-state index contributed by atoms with van der Waals surface area (Å²) in [5.41, 5.74) is 0.986. The molecule has 138 valence electrons. The van der Waals surface area contributed by atoms with Crippen LogP contribution in [-0.4, -0.2) is 43.7 Å². The third kappa shape index (κ3) is 5.86. The highest BCUT2D eigenvalue weighted by atomic mass is 16.5. The normalized spacial score (nSPS) is 10.2. The van der Waals surface area contributed by atoms with E-state index in [0.717, 1.165) is 5.75 Å². The summed E-state index contributed by atoms with van der Waals surface area (Å²) in [5.74, 6) is 0.0239. The Morgan fingerprint density at radius 2 is 1.73 bits per heavy atom. The number of nitrogens with zero attached hydrogens (tertiary/aromatic N) is 1. The van der Waals surface area contributed by atoms with E-state index in [1.165, 1.54) is 0 Å². The van der Waals surface area contributed by atoms with Crippen molar-refractivity contribution in [2.75, 3.05) is 32.2 Å². The molecule has 0 atom stereocenters. The van der Waals surface area contributed by atoms with Gasteiger partial charge in [-0.1, -0.05) is 6.07 Å². The van der Waals surface area contributed by atoms with E-state index >= 15 is 0 Å². The molecule has 0 aliphatic rings. The Kier molecular flexibility index (Phi) is 7.57. The number of benzene rings is 1. The zero-order valence-corrected chi connectivity index (χ0v) is 15.0. The van der Waals surface area contributed by atoms with Crippen LogP contribution in [-0.2, 0) is 4.74 Å². The van der Waals surface area contributed by atoms with Crippen molar-refractivity contribution in [1.29, 1.82) is 0 Å². The monoisotopic (exact) mass is 357 g/mol. The fourth-order valence-corrected chi connectivity index (χ4v) is 2.19. The lowest BCUT2D eigenvalue weighted by atomic mass is 10.2. The summed E-state index contributed by atoms with van der Waals surface area (Å²) >= 11 is 0. The molecular weight excluding hydrogens is 334 g/mol. The molecule has 0 unspecified atom stereocenters. The maximum atomic E-state index is 12.3. The van der Waals surface area contributed by atoms with Gasteiger partial charge in [0.05, 0.1) is 6.61 Å². The van der Waals surface area contributed by atoms with Gasteiger partial charge < -0.3 is 20.1 Å². The first-order valence-corrected chi connectivity index (χ1v) is 8.42. The lowest BCUT2D eigenvalue weighted by molar-refractivity contribution is 0.0943. The number of amides is 2. The molecule has 2 aromatic rings. The summed E-state index contributed by atoms with van der Waals surface area (Å²) < 4.78 is 10.3. The van der Waals surface area contributed by atoms with E-state index in [1.54, 1.807) is 49.6 Å². The molecule has 0 aliphatic heterocycles. The van der Waals surface area contributed by atoms with Crippen molar-refractivity contribution < 1.29 is 19.1 Å². The van der Waals surface area contributed by atoms with Gasteiger partial charge in [0.25, 0.3) is 11.8 Å². The maximum Gasteiger partial charge on any atom is 0.274 e. The largest absolute Gasteiger partial charge is 0.494 e. The van der Waals surface area contributed by atoms with E-state index in [1.807, 2.05) is 6.92 Å². The average Bonchev–Trinajstić information content (AvgIpc) is 2.67. The molecule has 26 heavy (non-hydrogen) atoms. The van der Waals surface area contributed by atoms with E-state index in [9.17, 15) is 9.59 Å². The SMILES string of the molecule is CCOc1ccc(NC(=O)c2cccc(C(=O)NCCCOC)n2)cc1. The average molecular weight is 357 g/mol. The fourth-order valence-electron chi connectivity index (χ4n) is 2.19.